The molecule has 0 saturated carbocycles. The largest absolute Gasteiger partial charge is 0.387 e. The molecule has 25 heavy (non-hydrogen) atoms. The minimum atomic E-state index is -0.342. The first-order chi connectivity index (χ1) is 12.0. The zero-order valence-corrected chi connectivity index (χ0v) is 15.5. The van der Waals surface area contributed by atoms with Crippen LogP contribution in [0.2, 0.25) is 0 Å². The molecule has 1 saturated heterocycles. The zero-order chi connectivity index (χ0) is 17.9. The van der Waals surface area contributed by atoms with E-state index in [1.807, 2.05) is 17.8 Å². The maximum absolute atomic E-state index is 12.1. The van der Waals surface area contributed by atoms with Crippen molar-refractivity contribution < 1.29 is 9.63 Å². The first kappa shape index (κ1) is 17.9. The average Bonchev–Trinajstić information content (AvgIpc) is 3.21. The number of piperidine rings is 1. The Morgan fingerprint density at radius 3 is 3.04 bits per heavy atom. The fourth-order valence-electron chi connectivity index (χ4n) is 3.53. The normalized spacial score (nSPS) is 23.8. The molecule has 1 aromatic heterocycles. The van der Waals surface area contributed by atoms with E-state index in [1.54, 1.807) is 0 Å². The van der Waals surface area contributed by atoms with Gasteiger partial charge in [0.2, 0.25) is 0 Å². The van der Waals surface area contributed by atoms with Gasteiger partial charge in [-0.05, 0) is 39.7 Å². The van der Waals surface area contributed by atoms with Crippen LogP contribution in [0.3, 0.4) is 0 Å². The van der Waals surface area contributed by atoms with Crippen LogP contribution < -0.4 is 5.32 Å². The van der Waals surface area contributed by atoms with E-state index in [9.17, 15) is 4.79 Å². The predicted octanol–water partition coefficient (Wildman–Crippen LogP) is 2.10. The SMILES string of the molecule is CCCNC(=O)C1=NOC2(CCCN(Cc3cnn(C(C)C)c3)C2)C1. The number of nitrogens with zero attached hydrogens (tertiary/aromatic N) is 4. The molecule has 2 aliphatic heterocycles. The van der Waals surface area contributed by atoms with E-state index in [0.29, 0.717) is 24.7 Å². The van der Waals surface area contributed by atoms with E-state index >= 15 is 0 Å². The van der Waals surface area contributed by atoms with Crippen LogP contribution in [0.15, 0.2) is 17.5 Å². The van der Waals surface area contributed by atoms with Crippen molar-refractivity contribution in [1.29, 1.82) is 0 Å². The Morgan fingerprint density at radius 2 is 2.32 bits per heavy atom. The van der Waals surface area contributed by atoms with Gasteiger partial charge in [0, 0.05) is 43.9 Å². The number of rotatable bonds is 6. The highest BCUT2D eigenvalue weighted by molar-refractivity contribution is 6.39. The van der Waals surface area contributed by atoms with Crippen LogP contribution in [0.25, 0.3) is 0 Å². The molecule has 0 radical (unpaired) electrons. The minimum Gasteiger partial charge on any atom is -0.387 e. The smallest absolute Gasteiger partial charge is 0.269 e. The van der Waals surface area contributed by atoms with E-state index in [4.69, 9.17) is 4.84 Å². The lowest BCUT2D eigenvalue weighted by Gasteiger charge is -2.38. The molecule has 1 aromatic rings. The van der Waals surface area contributed by atoms with Gasteiger partial charge in [0.05, 0.1) is 6.20 Å². The van der Waals surface area contributed by atoms with Crippen molar-refractivity contribution in [1.82, 2.24) is 20.0 Å². The van der Waals surface area contributed by atoms with E-state index in [-0.39, 0.29) is 11.5 Å². The fraction of sp³-hybridized carbons (Fsp3) is 0.722. The predicted molar refractivity (Wildman–Crippen MR) is 96.3 cm³/mol. The Bertz CT molecular complexity index is 639. The molecule has 7 heteroatoms. The highest BCUT2D eigenvalue weighted by atomic mass is 16.7. The number of oxime groups is 1. The van der Waals surface area contributed by atoms with Crippen LogP contribution in [0.4, 0.5) is 0 Å². The van der Waals surface area contributed by atoms with Gasteiger partial charge in [0.1, 0.15) is 5.71 Å². The van der Waals surface area contributed by atoms with Gasteiger partial charge in [0.25, 0.3) is 5.91 Å². The second-order valence-corrected chi connectivity index (χ2v) is 7.48. The highest BCUT2D eigenvalue weighted by Crippen LogP contribution is 2.34. The second kappa shape index (κ2) is 7.56. The molecule has 3 heterocycles. The summed E-state index contributed by atoms with van der Waals surface area (Å²) < 4.78 is 1.99. The Hall–Kier alpha value is -1.89. The molecular formula is C18H29N5O2. The second-order valence-electron chi connectivity index (χ2n) is 7.48. The number of aromatic nitrogens is 2. The van der Waals surface area contributed by atoms with Gasteiger partial charge in [-0.25, -0.2) is 0 Å². The van der Waals surface area contributed by atoms with E-state index in [0.717, 1.165) is 38.9 Å². The van der Waals surface area contributed by atoms with Crippen molar-refractivity contribution >= 4 is 11.6 Å². The Morgan fingerprint density at radius 1 is 1.48 bits per heavy atom. The third kappa shape index (κ3) is 4.21. The summed E-state index contributed by atoms with van der Waals surface area (Å²) in [6, 6.07) is 0.372. The standard InChI is InChI=1S/C18H29N5O2/c1-4-7-19-17(24)16-9-18(25-21-16)6-5-8-22(13-18)11-15-10-20-23(12-15)14(2)3/h10,12,14H,4-9,11,13H2,1-3H3,(H,19,24). The molecule has 1 spiro atoms. The Balaban J connectivity index is 1.57. The van der Waals surface area contributed by atoms with Crippen molar-refractivity contribution in [3.63, 3.8) is 0 Å². The van der Waals surface area contributed by atoms with Crippen LogP contribution in [-0.4, -0.2) is 51.5 Å². The van der Waals surface area contributed by atoms with Gasteiger partial charge >= 0.3 is 0 Å². The van der Waals surface area contributed by atoms with Gasteiger partial charge in [-0.3, -0.25) is 14.4 Å². The van der Waals surface area contributed by atoms with Crippen molar-refractivity contribution in [2.24, 2.45) is 5.16 Å². The summed E-state index contributed by atoms with van der Waals surface area (Å²) >= 11 is 0. The summed E-state index contributed by atoms with van der Waals surface area (Å²) in [5.41, 5.74) is 1.40. The Labute approximate surface area is 149 Å². The minimum absolute atomic E-state index is 0.0888. The Kier molecular flexibility index (Phi) is 5.42. The molecule has 0 aliphatic carbocycles. The molecule has 0 aromatic carbocycles. The van der Waals surface area contributed by atoms with E-state index in [2.05, 4.69) is 40.5 Å². The van der Waals surface area contributed by atoms with Gasteiger partial charge < -0.3 is 10.2 Å². The van der Waals surface area contributed by atoms with E-state index < -0.39 is 0 Å². The molecule has 7 nitrogen and oxygen atoms in total. The molecule has 3 rings (SSSR count). The molecule has 1 amide bonds. The lowest BCUT2D eigenvalue weighted by molar-refractivity contribution is -0.114. The fourth-order valence-corrected chi connectivity index (χ4v) is 3.53. The molecule has 1 unspecified atom stereocenters. The first-order valence-corrected chi connectivity index (χ1v) is 9.30. The lowest BCUT2D eigenvalue weighted by atomic mass is 9.88. The van der Waals surface area contributed by atoms with Crippen LogP contribution in [0.5, 0.6) is 0 Å². The molecule has 2 aliphatic rings. The van der Waals surface area contributed by atoms with Crippen molar-refractivity contribution in [2.45, 2.75) is 64.6 Å². The number of hydrogen-bond donors (Lipinski definition) is 1. The monoisotopic (exact) mass is 347 g/mol. The summed E-state index contributed by atoms with van der Waals surface area (Å²) in [7, 11) is 0. The van der Waals surface area contributed by atoms with Crippen LogP contribution >= 0.6 is 0 Å². The van der Waals surface area contributed by atoms with Gasteiger partial charge in [-0.1, -0.05) is 12.1 Å². The van der Waals surface area contributed by atoms with Crippen LogP contribution in [-0.2, 0) is 16.2 Å². The van der Waals surface area contributed by atoms with Crippen molar-refractivity contribution in [3.8, 4) is 0 Å². The first-order valence-electron chi connectivity index (χ1n) is 9.30. The van der Waals surface area contributed by atoms with Crippen LogP contribution in [0.1, 0.15) is 58.1 Å². The summed E-state index contributed by atoms with van der Waals surface area (Å²) in [6.07, 6.45) is 7.58. The number of carbonyl (C=O) groups is 1. The third-order valence-corrected chi connectivity index (χ3v) is 4.85. The summed E-state index contributed by atoms with van der Waals surface area (Å²) in [5.74, 6) is -0.0888. The highest BCUT2D eigenvalue weighted by Gasteiger charge is 2.44. The molecule has 1 fully saturated rings. The van der Waals surface area contributed by atoms with E-state index in [1.165, 1.54) is 5.56 Å². The quantitative estimate of drug-likeness (QED) is 0.855. The van der Waals surface area contributed by atoms with Gasteiger partial charge in [-0.2, -0.15) is 5.10 Å². The molecular weight excluding hydrogens is 318 g/mol. The number of hydrogen-bond acceptors (Lipinski definition) is 5. The number of amides is 1. The molecule has 1 N–H and O–H groups in total. The lowest BCUT2D eigenvalue weighted by Crippen LogP contribution is -2.48. The maximum Gasteiger partial charge on any atom is 0.269 e. The summed E-state index contributed by atoms with van der Waals surface area (Å²) in [6.45, 7) is 9.66. The number of carbonyl (C=O) groups excluding carboxylic acids is 1. The summed E-state index contributed by atoms with van der Waals surface area (Å²) in [5, 5.41) is 11.4. The summed E-state index contributed by atoms with van der Waals surface area (Å²) in [4.78, 5) is 20.3. The van der Waals surface area contributed by atoms with Crippen LogP contribution in [0, 0.1) is 0 Å². The molecule has 0 bridgehead atoms. The van der Waals surface area contributed by atoms with Gasteiger partial charge in [0.15, 0.2) is 5.60 Å². The third-order valence-electron chi connectivity index (χ3n) is 4.85. The molecule has 138 valence electrons. The molecule has 1 atom stereocenters. The van der Waals surface area contributed by atoms with Crippen molar-refractivity contribution in [3.05, 3.63) is 18.0 Å². The number of nitrogens with one attached hydrogen (secondary N) is 1. The maximum atomic E-state index is 12.1. The average molecular weight is 347 g/mol. The zero-order valence-electron chi connectivity index (χ0n) is 15.5. The number of likely N-dealkylation sites (tertiary alicyclic amines) is 1. The topological polar surface area (TPSA) is 71.8 Å². The van der Waals surface area contributed by atoms with Gasteiger partial charge in [-0.15, -0.1) is 0 Å². The van der Waals surface area contributed by atoms with Crippen molar-refractivity contribution in [2.75, 3.05) is 19.6 Å².